The van der Waals surface area contributed by atoms with Crippen molar-refractivity contribution in [2.24, 2.45) is 5.92 Å². The van der Waals surface area contributed by atoms with Crippen molar-refractivity contribution in [2.45, 2.75) is 84.5 Å². The summed E-state index contributed by atoms with van der Waals surface area (Å²) < 4.78 is 10.0. The van der Waals surface area contributed by atoms with Crippen LogP contribution < -0.4 is 10.6 Å². The molecule has 10 nitrogen and oxygen atoms in total. The minimum Gasteiger partial charge on any atom is -0.508 e. The molecule has 1 aliphatic carbocycles. The first kappa shape index (κ1) is 28.9. The van der Waals surface area contributed by atoms with Gasteiger partial charge in [0, 0.05) is 6.04 Å². The van der Waals surface area contributed by atoms with Gasteiger partial charge < -0.3 is 30.1 Å². The molecule has 0 spiro atoms. The Kier molecular flexibility index (Phi) is 9.72. The lowest BCUT2D eigenvalue weighted by atomic mass is 9.95. The van der Waals surface area contributed by atoms with Crippen LogP contribution in [0.2, 0.25) is 0 Å². The first-order chi connectivity index (χ1) is 16.8. The maximum absolute atomic E-state index is 14.0. The molecule has 36 heavy (non-hydrogen) atoms. The average Bonchev–Trinajstić information content (AvgIpc) is 3.64. The molecular formula is C26H39N3O7. The molecule has 200 valence electrons. The number of hydrogen-bond acceptors (Lipinski definition) is 7. The molecule has 1 fully saturated rings. The first-order valence-electron chi connectivity index (χ1n) is 12.2. The third-order valence-electron chi connectivity index (χ3n) is 6.04. The van der Waals surface area contributed by atoms with Crippen molar-refractivity contribution in [1.82, 2.24) is 15.5 Å². The number of nitrogens with one attached hydrogen (secondary N) is 2. The molecule has 1 aliphatic rings. The summed E-state index contributed by atoms with van der Waals surface area (Å²) in [5.74, 6) is -1.79. The SMILES string of the molecule is CCC(C)C(NC(=O)OC(C)(C)C)C(=O)N(C1CC1)C(C(=O)NCC(=O)OC)c1ccc(O)c(C)c1. The van der Waals surface area contributed by atoms with E-state index in [2.05, 4.69) is 15.4 Å². The molecule has 1 aromatic rings. The highest BCUT2D eigenvalue weighted by Crippen LogP contribution is 2.37. The van der Waals surface area contributed by atoms with Crippen LogP contribution in [0.15, 0.2) is 18.2 Å². The lowest BCUT2D eigenvalue weighted by Crippen LogP contribution is -2.56. The number of aromatic hydroxyl groups is 1. The van der Waals surface area contributed by atoms with Gasteiger partial charge in [0.25, 0.3) is 0 Å². The Morgan fingerprint density at radius 3 is 2.33 bits per heavy atom. The molecule has 1 aromatic carbocycles. The summed E-state index contributed by atoms with van der Waals surface area (Å²) in [5.41, 5.74) is 0.267. The molecule has 3 unspecified atom stereocenters. The van der Waals surface area contributed by atoms with Crippen LogP contribution in [0.3, 0.4) is 0 Å². The number of amides is 3. The zero-order valence-electron chi connectivity index (χ0n) is 22.2. The summed E-state index contributed by atoms with van der Waals surface area (Å²) in [4.78, 5) is 53.2. The Labute approximate surface area is 212 Å². The molecule has 0 radical (unpaired) electrons. The van der Waals surface area contributed by atoms with E-state index < -0.39 is 41.6 Å². The highest BCUT2D eigenvalue weighted by Gasteiger charge is 2.45. The highest BCUT2D eigenvalue weighted by atomic mass is 16.6. The molecular weight excluding hydrogens is 466 g/mol. The number of phenols is 1. The van der Waals surface area contributed by atoms with Gasteiger partial charge in [0.05, 0.1) is 7.11 Å². The molecule has 3 amide bonds. The van der Waals surface area contributed by atoms with Gasteiger partial charge >= 0.3 is 12.1 Å². The number of alkyl carbamates (subject to hydrolysis) is 1. The zero-order valence-corrected chi connectivity index (χ0v) is 22.2. The minimum atomic E-state index is -1.08. The fourth-order valence-corrected chi connectivity index (χ4v) is 3.76. The maximum atomic E-state index is 14.0. The second kappa shape index (κ2) is 12.1. The summed E-state index contributed by atoms with van der Waals surface area (Å²) >= 11 is 0. The monoisotopic (exact) mass is 505 g/mol. The van der Waals surface area contributed by atoms with E-state index >= 15 is 0 Å². The quantitative estimate of drug-likeness (QED) is 0.416. The minimum absolute atomic E-state index is 0.0563. The number of benzene rings is 1. The topological polar surface area (TPSA) is 134 Å². The fourth-order valence-electron chi connectivity index (χ4n) is 3.76. The van der Waals surface area contributed by atoms with E-state index in [1.165, 1.54) is 18.1 Å². The van der Waals surface area contributed by atoms with Crippen molar-refractivity contribution < 1.29 is 33.8 Å². The van der Waals surface area contributed by atoms with Gasteiger partial charge in [-0.05, 0) is 69.7 Å². The zero-order chi connectivity index (χ0) is 27.2. The number of phenolic OH excluding ortho intramolecular Hbond substituents is 1. The van der Waals surface area contributed by atoms with Crippen LogP contribution in [0.25, 0.3) is 0 Å². The summed E-state index contributed by atoms with van der Waals surface area (Å²) in [5, 5.41) is 15.3. The maximum Gasteiger partial charge on any atom is 0.408 e. The third-order valence-corrected chi connectivity index (χ3v) is 6.04. The number of carbonyl (C=O) groups excluding carboxylic acids is 4. The standard InChI is InChI=1S/C26H39N3O7/c1-8-15(2)21(28-25(34)36-26(4,5)6)24(33)29(18-10-11-18)22(23(32)27-14-20(31)35-7)17-9-12-19(30)16(3)13-17/h9,12-13,15,18,21-22,30H,8,10-11,14H2,1-7H3,(H,27,32)(H,28,34). The second-order valence-corrected chi connectivity index (χ2v) is 10.2. The van der Waals surface area contributed by atoms with Crippen molar-refractivity contribution in [2.75, 3.05) is 13.7 Å². The molecule has 3 N–H and O–H groups in total. The van der Waals surface area contributed by atoms with Gasteiger partial charge in [-0.1, -0.05) is 26.3 Å². The summed E-state index contributed by atoms with van der Waals surface area (Å²) in [6.07, 6.45) is 1.28. The molecule has 0 aromatic heterocycles. The predicted octanol–water partition coefficient (Wildman–Crippen LogP) is 2.96. The van der Waals surface area contributed by atoms with Crippen LogP contribution >= 0.6 is 0 Å². The predicted molar refractivity (Wildman–Crippen MR) is 133 cm³/mol. The molecule has 3 atom stereocenters. The molecule has 0 aliphatic heterocycles. The van der Waals surface area contributed by atoms with Crippen LogP contribution in [0.5, 0.6) is 5.75 Å². The Balaban J connectivity index is 2.48. The molecule has 2 rings (SSSR count). The van der Waals surface area contributed by atoms with E-state index in [9.17, 15) is 24.3 Å². The molecule has 1 saturated carbocycles. The number of methoxy groups -OCH3 is 1. The molecule has 0 bridgehead atoms. The van der Waals surface area contributed by atoms with Gasteiger partial charge in [-0.25, -0.2) is 4.79 Å². The van der Waals surface area contributed by atoms with E-state index in [0.717, 1.165) is 0 Å². The summed E-state index contributed by atoms with van der Waals surface area (Å²) in [6.45, 7) is 10.3. The van der Waals surface area contributed by atoms with Gasteiger partial charge in [0.15, 0.2) is 0 Å². The number of aryl methyl sites for hydroxylation is 1. The number of carbonyl (C=O) groups is 4. The Morgan fingerprint density at radius 2 is 1.83 bits per heavy atom. The molecule has 10 heteroatoms. The Hall–Kier alpha value is -3.30. The molecule has 0 saturated heterocycles. The van der Waals surface area contributed by atoms with Crippen molar-refractivity contribution in [3.05, 3.63) is 29.3 Å². The van der Waals surface area contributed by atoms with Gasteiger partial charge in [0.2, 0.25) is 11.8 Å². The lowest BCUT2D eigenvalue weighted by Gasteiger charge is -2.36. The van der Waals surface area contributed by atoms with Crippen molar-refractivity contribution in [3.63, 3.8) is 0 Å². The van der Waals surface area contributed by atoms with E-state index in [-0.39, 0.29) is 24.3 Å². The smallest absolute Gasteiger partial charge is 0.408 e. The summed E-state index contributed by atoms with van der Waals surface area (Å²) in [7, 11) is 1.22. The van der Waals surface area contributed by atoms with Crippen LogP contribution in [0.4, 0.5) is 4.79 Å². The number of rotatable bonds is 10. The second-order valence-electron chi connectivity index (χ2n) is 10.2. The van der Waals surface area contributed by atoms with Crippen molar-refractivity contribution >= 4 is 23.9 Å². The van der Waals surface area contributed by atoms with Crippen molar-refractivity contribution in [3.8, 4) is 5.75 Å². The normalized spacial score (nSPS) is 15.8. The van der Waals surface area contributed by atoms with E-state index in [0.29, 0.717) is 30.4 Å². The highest BCUT2D eigenvalue weighted by molar-refractivity contribution is 5.93. The van der Waals surface area contributed by atoms with Crippen molar-refractivity contribution in [1.29, 1.82) is 0 Å². The van der Waals surface area contributed by atoms with Gasteiger partial charge in [0.1, 0.15) is 30.0 Å². The van der Waals surface area contributed by atoms with Crippen LogP contribution in [0, 0.1) is 12.8 Å². The number of esters is 1. The number of hydrogen-bond donors (Lipinski definition) is 3. The largest absolute Gasteiger partial charge is 0.508 e. The fraction of sp³-hybridized carbons (Fsp3) is 0.615. The van der Waals surface area contributed by atoms with Gasteiger partial charge in [-0.3, -0.25) is 14.4 Å². The summed E-state index contributed by atoms with van der Waals surface area (Å²) in [6, 6.07) is 2.45. The van der Waals surface area contributed by atoms with Gasteiger partial charge in [-0.15, -0.1) is 0 Å². The number of ether oxygens (including phenoxy) is 2. The third kappa shape index (κ3) is 7.86. The van der Waals surface area contributed by atoms with Crippen LogP contribution in [-0.2, 0) is 23.9 Å². The van der Waals surface area contributed by atoms with Gasteiger partial charge in [-0.2, -0.15) is 0 Å². The van der Waals surface area contributed by atoms with E-state index in [1.807, 2.05) is 13.8 Å². The number of nitrogens with zero attached hydrogens (tertiary/aromatic N) is 1. The van der Waals surface area contributed by atoms with Crippen LogP contribution in [-0.4, -0.2) is 65.2 Å². The Bertz CT molecular complexity index is 969. The van der Waals surface area contributed by atoms with E-state index in [1.54, 1.807) is 39.8 Å². The van der Waals surface area contributed by atoms with E-state index in [4.69, 9.17) is 4.74 Å². The average molecular weight is 506 g/mol. The molecule has 0 heterocycles. The lowest BCUT2D eigenvalue weighted by molar-refractivity contribution is -0.145. The first-order valence-corrected chi connectivity index (χ1v) is 12.2. The van der Waals surface area contributed by atoms with Crippen LogP contribution in [0.1, 0.15) is 71.0 Å². The Morgan fingerprint density at radius 1 is 1.19 bits per heavy atom.